The maximum absolute atomic E-state index is 13.3. The van der Waals surface area contributed by atoms with E-state index in [-0.39, 0.29) is 12.2 Å². The van der Waals surface area contributed by atoms with Gasteiger partial charge in [0, 0.05) is 10.5 Å². The van der Waals surface area contributed by atoms with Gasteiger partial charge in [0.1, 0.15) is 5.82 Å². The van der Waals surface area contributed by atoms with Gasteiger partial charge < -0.3 is 10.8 Å². The summed E-state index contributed by atoms with van der Waals surface area (Å²) in [5.74, 6) is -1.39. The fourth-order valence-corrected chi connectivity index (χ4v) is 1.64. The van der Waals surface area contributed by atoms with Crippen LogP contribution in [0.25, 0.3) is 0 Å². The van der Waals surface area contributed by atoms with Gasteiger partial charge in [-0.3, -0.25) is 4.79 Å². The topological polar surface area (TPSA) is 63.3 Å². The van der Waals surface area contributed by atoms with E-state index in [1.165, 1.54) is 6.07 Å². The number of benzene rings is 1. The summed E-state index contributed by atoms with van der Waals surface area (Å²) < 4.78 is 13.9. The summed E-state index contributed by atoms with van der Waals surface area (Å²) >= 11 is 3.19. The molecule has 5 heteroatoms. The lowest BCUT2D eigenvalue weighted by molar-refractivity contribution is -0.137. The first-order chi connectivity index (χ1) is 6.91. The van der Waals surface area contributed by atoms with Crippen molar-refractivity contribution in [2.75, 3.05) is 0 Å². The zero-order valence-corrected chi connectivity index (χ0v) is 9.71. The molecule has 0 saturated heterocycles. The number of halogens is 2. The summed E-state index contributed by atoms with van der Waals surface area (Å²) in [6.07, 6.45) is -0.213. The van der Waals surface area contributed by atoms with Gasteiger partial charge >= 0.3 is 5.97 Å². The highest BCUT2D eigenvalue weighted by atomic mass is 79.9. The van der Waals surface area contributed by atoms with E-state index in [1.54, 1.807) is 13.0 Å². The molecule has 82 valence electrons. The van der Waals surface area contributed by atoms with E-state index in [0.29, 0.717) is 15.6 Å². The van der Waals surface area contributed by atoms with E-state index in [9.17, 15) is 9.18 Å². The van der Waals surface area contributed by atoms with Crippen LogP contribution in [0, 0.1) is 12.7 Å². The SMILES string of the molecule is Cc1c(F)cc(C(N)CC(=O)O)cc1Br. The molecule has 0 aromatic heterocycles. The Morgan fingerprint density at radius 1 is 1.67 bits per heavy atom. The molecule has 0 aliphatic heterocycles. The molecule has 0 fully saturated rings. The van der Waals surface area contributed by atoms with Crippen molar-refractivity contribution < 1.29 is 14.3 Å². The van der Waals surface area contributed by atoms with Crippen molar-refractivity contribution in [2.24, 2.45) is 5.73 Å². The van der Waals surface area contributed by atoms with Crippen LogP contribution < -0.4 is 5.73 Å². The molecule has 1 unspecified atom stereocenters. The van der Waals surface area contributed by atoms with Gasteiger partial charge in [-0.05, 0) is 30.2 Å². The van der Waals surface area contributed by atoms with Crippen LogP contribution in [0.3, 0.4) is 0 Å². The van der Waals surface area contributed by atoms with Crippen molar-refractivity contribution in [3.05, 3.63) is 33.5 Å². The minimum absolute atomic E-state index is 0.213. The third kappa shape index (κ3) is 3.00. The predicted molar refractivity (Wildman–Crippen MR) is 58.0 cm³/mol. The molecule has 3 nitrogen and oxygen atoms in total. The first-order valence-corrected chi connectivity index (χ1v) is 5.14. The highest BCUT2D eigenvalue weighted by Gasteiger charge is 2.13. The van der Waals surface area contributed by atoms with Crippen molar-refractivity contribution in [1.29, 1.82) is 0 Å². The smallest absolute Gasteiger partial charge is 0.305 e. The summed E-state index contributed by atoms with van der Waals surface area (Å²) in [4.78, 5) is 10.4. The summed E-state index contributed by atoms with van der Waals surface area (Å²) in [7, 11) is 0. The fraction of sp³-hybridized carbons (Fsp3) is 0.300. The molecule has 0 spiro atoms. The Balaban J connectivity index is 3.00. The number of hydrogen-bond donors (Lipinski definition) is 2. The summed E-state index contributed by atoms with van der Waals surface area (Å²) in [6, 6.07) is 2.23. The van der Waals surface area contributed by atoms with Crippen molar-refractivity contribution in [2.45, 2.75) is 19.4 Å². The molecule has 15 heavy (non-hydrogen) atoms. The second kappa shape index (κ2) is 4.72. The summed E-state index contributed by atoms with van der Waals surface area (Å²) in [6.45, 7) is 1.63. The molecule has 1 aromatic rings. The number of aliphatic carboxylic acids is 1. The van der Waals surface area contributed by atoms with Crippen LogP contribution in [-0.2, 0) is 4.79 Å². The lowest BCUT2D eigenvalue weighted by Gasteiger charge is -2.11. The number of hydrogen-bond acceptors (Lipinski definition) is 2. The Hall–Kier alpha value is -0.940. The van der Waals surface area contributed by atoms with E-state index in [1.807, 2.05) is 0 Å². The molecule has 0 radical (unpaired) electrons. The lowest BCUT2D eigenvalue weighted by atomic mass is 10.0. The average Bonchev–Trinajstić information content (AvgIpc) is 2.12. The maximum atomic E-state index is 13.3. The van der Waals surface area contributed by atoms with Gasteiger partial charge in [-0.15, -0.1) is 0 Å². The molecule has 0 amide bonds. The second-order valence-corrected chi connectivity index (χ2v) is 4.17. The third-order valence-electron chi connectivity index (χ3n) is 2.13. The van der Waals surface area contributed by atoms with Crippen LogP contribution in [0.1, 0.15) is 23.6 Å². The van der Waals surface area contributed by atoms with Crippen LogP contribution in [0.2, 0.25) is 0 Å². The molecular formula is C10H11BrFNO2. The van der Waals surface area contributed by atoms with Crippen LogP contribution in [-0.4, -0.2) is 11.1 Å². The molecule has 0 heterocycles. The molecule has 1 atom stereocenters. The van der Waals surface area contributed by atoms with Crippen molar-refractivity contribution in [1.82, 2.24) is 0 Å². The number of nitrogens with two attached hydrogens (primary N) is 1. The van der Waals surface area contributed by atoms with Gasteiger partial charge in [-0.1, -0.05) is 15.9 Å². The Morgan fingerprint density at radius 2 is 2.27 bits per heavy atom. The second-order valence-electron chi connectivity index (χ2n) is 3.31. The predicted octanol–water partition coefficient (Wildman–Crippen LogP) is 2.37. The monoisotopic (exact) mass is 275 g/mol. The van der Waals surface area contributed by atoms with E-state index in [2.05, 4.69) is 15.9 Å². The molecule has 1 rings (SSSR count). The minimum atomic E-state index is -1.00. The maximum Gasteiger partial charge on any atom is 0.305 e. The quantitative estimate of drug-likeness (QED) is 0.890. The number of carboxylic acids is 1. The number of rotatable bonds is 3. The first-order valence-electron chi connectivity index (χ1n) is 4.34. The van der Waals surface area contributed by atoms with Gasteiger partial charge in [0.15, 0.2) is 0 Å². The summed E-state index contributed by atoms with van der Waals surface area (Å²) in [5.41, 5.74) is 6.58. The molecular weight excluding hydrogens is 265 g/mol. The van der Waals surface area contributed by atoms with E-state index >= 15 is 0 Å². The number of carbonyl (C=O) groups is 1. The van der Waals surface area contributed by atoms with Gasteiger partial charge in [0.25, 0.3) is 0 Å². The van der Waals surface area contributed by atoms with Gasteiger partial charge in [-0.25, -0.2) is 4.39 Å². The van der Waals surface area contributed by atoms with Crippen molar-refractivity contribution >= 4 is 21.9 Å². The van der Waals surface area contributed by atoms with Gasteiger partial charge in [0.2, 0.25) is 0 Å². The lowest BCUT2D eigenvalue weighted by Crippen LogP contribution is -2.15. The standard InChI is InChI=1S/C10H11BrFNO2/c1-5-7(11)2-6(3-8(5)12)9(13)4-10(14)15/h2-3,9H,4,13H2,1H3,(H,14,15). The fourth-order valence-electron chi connectivity index (χ4n) is 1.18. The van der Waals surface area contributed by atoms with Crippen LogP contribution in [0.15, 0.2) is 16.6 Å². The minimum Gasteiger partial charge on any atom is -0.481 e. The Labute approximate surface area is 95.2 Å². The van der Waals surface area contributed by atoms with E-state index in [0.717, 1.165) is 0 Å². The Morgan fingerprint density at radius 3 is 2.73 bits per heavy atom. The third-order valence-corrected chi connectivity index (χ3v) is 2.95. The zero-order chi connectivity index (χ0) is 11.6. The van der Waals surface area contributed by atoms with Gasteiger partial charge in [0.05, 0.1) is 6.42 Å². The van der Waals surface area contributed by atoms with E-state index < -0.39 is 12.0 Å². The van der Waals surface area contributed by atoms with Crippen molar-refractivity contribution in [3.8, 4) is 0 Å². The Kier molecular flexibility index (Phi) is 3.82. The highest BCUT2D eigenvalue weighted by molar-refractivity contribution is 9.10. The van der Waals surface area contributed by atoms with Crippen LogP contribution in [0.4, 0.5) is 4.39 Å². The molecule has 3 N–H and O–H groups in total. The largest absolute Gasteiger partial charge is 0.481 e. The van der Waals surface area contributed by atoms with Gasteiger partial charge in [-0.2, -0.15) is 0 Å². The van der Waals surface area contributed by atoms with Crippen LogP contribution in [0.5, 0.6) is 0 Å². The molecule has 0 saturated carbocycles. The number of carboxylic acid groups (broad SMARTS) is 1. The molecule has 1 aromatic carbocycles. The Bertz CT molecular complexity index is 372. The van der Waals surface area contributed by atoms with Crippen molar-refractivity contribution in [3.63, 3.8) is 0 Å². The summed E-state index contributed by atoms with van der Waals surface area (Å²) in [5, 5.41) is 8.55. The van der Waals surface area contributed by atoms with E-state index in [4.69, 9.17) is 10.8 Å². The highest BCUT2D eigenvalue weighted by Crippen LogP contribution is 2.25. The van der Waals surface area contributed by atoms with Crippen LogP contribution >= 0.6 is 15.9 Å². The average molecular weight is 276 g/mol. The normalized spacial score (nSPS) is 12.5. The molecule has 0 aliphatic carbocycles. The zero-order valence-electron chi connectivity index (χ0n) is 8.13. The molecule has 0 bridgehead atoms. The first kappa shape index (κ1) is 12.1. The molecule has 0 aliphatic rings.